The number of benzene rings is 2. The number of rotatable bonds is 4. The minimum Gasteiger partial charge on any atom is -0.489 e. The molecule has 5 heteroatoms. The summed E-state index contributed by atoms with van der Waals surface area (Å²) in [6.45, 7) is 0.413. The van der Waals surface area contributed by atoms with Crippen LogP contribution in [0.15, 0.2) is 60.8 Å². The highest BCUT2D eigenvalue weighted by atomic mass is 16.5. The van der Waals surface area contributed by atoms with Gasteiger partial charge in [0.25, 0.3) is 0 Å². The van der Waals surface area contributed by atoms with Crippen molar-refractivity contribution in [2.45, 2.75) is 6.61 Å². The molecule has 0 unspecified atom stereocenters. The minimum absolute atomic E-state index is 0.412. The molecular weight excluding hydrogens is 265 g/mol. The highest BCUT2D eigenvalue weighted by Gasteiger charge is 2.11. The average Bonchev–Trinajstić information content (AvgIpc) is 2.53. The van der Waals surface area contributed by atoms with Gasteiger partial charge in [-0.1, -0.05) is 24.3 Å². The van der Waals surface area contributed by atoms with E-state index >= 15 is 0 Å². The van der Waals surface area contributed by atoms with Gasteiger partial charge in [0.15, 0.2) is 0 Å². The quantitative estimate of drug-likeness (QED) is 0.710. The molecule has 0 aliphatic carbocycles. The Labute approximate surface area is 122 Å². The highest BCUT2D eigenvalue weighted by Crippen LogP contribution is 2.16. The molecule has 2 N–H and O–H groups in total. The number of pyridine rings is 1. The predicted molar refractivity (Wildman–Crippen MR) is 82.3 cm³/mol. The zero-order valence-corrected chi connectivity index (χ0v) is 11.3. The second-order valence-corrected chi connectivity index (χ2v) is 4.77. The van der Waals surface area contributed by atoms with Gasteiger partial charge in [-0.2, -0.15) is 0 Å². The largest absolute Gasteiger partial charge is 0.489 e. The van der Waals surface area contributed by atoms with Crippen molar-refractivity contribution < 1.29 is 14.8 Å². The highest BCUT2D eigenvalue weighted by molar-refractivity contribution is 6.58. The van der Waals surface area contributed by atoms with Gasteiger partial charge in [-0.15, -0.1) is 0 Å². The fourth-order valence-corrected chi connectivity index (χ4v) is 2.15. The van der Waals surface area contributed by atoms with E-state index in [-0.39, 0.29) is 0 Å². The second kappa shape index (κ2) is 5.95. The second-order valence-electron chi connectivity index (χ2n) is 4.77. The van der Waals surface area contributed by atoms with E-state index in [1.165, 1.54) is 0 Å². The summed E-state index contributed by atoms with van der Waals surface area (Å²) < 4.78 is 5.69. The zero-order valence-electron chi connectivity index (χ0n) is 11.3. The lowest BCUT2D eigenvalue weighted by atomic mass is 9.80. The van der Waals surface area contributed by atoms with Crippen molar-refractivity contribution in [3.05, 3.63) is 66.4 Å². The van der Waals surface area contributed by atoms with E-state index in [1.54, 1.807) is 30.5 Å². The first-order valence-electron chi connectivity index (χ1n) is 6.65. The summed E-state index contributed by atoms with van der Waals surface area (Å²) in [6.07, 6.45) is 1.77. The first-order chi connectivity index (χ1) is 10.2. The number of aromatic nitrogens is 1. The van der Waals surface area contributed by atoms with Crippen LogP contribution in [0.3, 0.4) is 0 Å². The van der Waals surface area contributed by atoms with Crippen molar-refractivity contribution in [3.63, 3.8) is 0 Å². The number of hydrogen-bond acceptors (Lipinski definition) is 4. The molecule has 104 valence electrons. The third-order valence-electron chi connectivity index (χ3n) is 3.23. The Hall–Kier alpha value is -2.37. The van der Waals surface area contributed by atoms with Crippen molar-refractivity contribution in [2.75, 3.05) is 0 Å². The maximum absolute atomic E-state index is 9.14. The molecule has 1 aromatic heterocycles. The van der Waals surface area contributed by atoms with Crippen LogP contribution < -0.4 is 10.2 Å². The van der Waals surface area contributed by atoms with Crippen LogP contribution in [0.1, 0.15) is 5.56 Å². The topological polar surface area (TPSA) is 62.6 Å². The molecule has 0 saturated heterocycles. The van der Waals surface area contributed by atoms with Crippen LogP contribution in [-0.2, 0) is 6.61 Å². The van der Waals surface area contributed by atoms with E-state index in [0.717, 1.165) is 16.5 Å². The van der Waals surface area contributed by atoms with Crippen molar-refractivity contribution in [1.82, 2.24) is 4.98 Å². The summed E-state index contributed by atoms with van der Waals surface area (Å²) in [7, 11) is -1.49. The molecule has 0 atom stereocenters. The molecule has 0 bridgehead atoms. The van der Waals surface area contributed by atoms with Crippen LogP contribution in [0.5, 0.6) is 5.75 Å². The fourth-order valence-electron chi connectivity index (χ4n) is 2.15. The van der Waals surface area contributed by atoms with Crippen LogP contribution in [0, 0.1) is 0 Å². The molecule has 21 heavy (non-hydrogen) atoms. The summed E-state index contributed by atoms with van der Waals surface area (Å²) in [4.78, 5) is 4.28. The summed E-state index contributed by atoms with van der Waals surface area (Å²) in [6, 6.07) is 16.7. The Kier molecular flexibility index (Phi) is 3.86. The lowest BCUT2D eigenvalue weighted by Gasteiger charge is -2.08. The monoisotopic (exact) mass is 279 g/mol. The molecule has 0 aliphatic rings. The van der Waals surface area contributed by atoms with Crippen LogP contribution in [-0.4, -0.2) is 22.2 Å². The molecule has 3 aromatic rings. The minimum atomic E-state index is -1.49. The molecule has 3 rings (SSSR count). The molecule has 0 spiro atoms. The van der Waals surface area contributed by atoms with E-state index in [9.17, 15) is 0 Å². The van der Waals surface area contributed by atoms with E-state index in [1.807, 2.05) is 30.3 Å². The normalized spacial score (nSPS) is 10.6. The summed E-state index contributed by atoms with van der Waals surface area (Å²) in [5.74, 6) is 0.604. The molecule has 0 saturated carbocycles. The van der Waals surface area contributed by atoms with Gasteiger partial charge >= 0.3 is 7.12 Å². The Balaban J connectivity index is 1.75. The van der Waals surface area contributed by atoms with Crippen molar-refractivity contribution >= 4 is 23.5 Å². The van der Waals surface area contributed by atoms with Crippen LogP contribution >= 0.6 is 0 Å². The Bertz CT molecular complexity index is 761. The fraction of sp³-hybridized carbons (Fsp3) is 0.0625. The summed E-state index contributed by atoms with van der Waals surface area (Å²) in [5, 5.41) is 19.4. The molecule has 1 heterocycles. The van der Waals surface area contributed by atoms with E-state index in [2.05, 4.69) is 4.98 Å². The lowest BCUT2D eigenvalue weighted by molar-refractivity contribution is 0.306. The van der Waals surface area contributed by atoms with Crippen LogP contribution in [0.25, 0.3) is 10.9 Å². The predicted octanol–water partition coefficient (Wildman–Crippen LogP) is 1.49. The number of fused-ring (bicyclic) bond motifs is 1. The number of nitrogens with zero attached hydrogens (tertiary/aromatic N) is 1. The molecular formula is C16H14BNO3. The van der Waals surface area contributed by atoms with Crippen LogP contribution in [0.2, 0.25) is 0 Å². The average molecular weight is 279 g/mol. The molecule has 0 aliphatic heterocycles. The van der Waals surface area contributed by atoms with E-state index in [4.69, 9.17) is 14.8 Å². The number of hydrogen-bond donors (Lipinski definition) is 2. The zero-order chi connectivity index (χ0) is 14.7. The van der Waals surface area contributed by atoms with Crippen molar-refractivity contribution in [3.8, 4) is 5.75 Å². The maximum Gasteiger partial charge on any atom is 0.488 e. The molecule has 0 fully saturated rings. The smallest absolute Gasteiger partial charge is 0.488 e. The van der Waals surface area contributed by atoms with E-state index < -0.39 is 7.12 Å². The first kappa shape index (κ1) is 13.6. The Morgan fingerprint density at radius 2 is 1.90 bits per heavy atom. The molecule has 4 nitrogen and oxygen atoms in total. The molecule has 0 amide bonds. The van der Waals surface area contributed by atoms with E-state index in [0.29, 0.717) is 17.8 Å². The Morgan fingerprint density at radius 3 is 2.76 bits per heavy atom. The van der Waals surface area contributed by atoms with Gasteiger partial charge in [-0.05, 0) is 41.4 Å². The molecule has 0 radical (unpaired) electrons. The van der Waals surface area contributed by atoms with Gasteiger partial charge < -0.3 is 14.8 Å². The number of ether oxygens (including phenoxy) is 1. The van der Waals surface area contributed by atoms with Gasteiger partial charge in [0.05, 0.1) is 5.52 Å². The SMILES string of the molecule is OB(O)c1cccc(OCc2ccc3ncccc3c2)c1. The van der Waals surface area contributed by atoms with Gasteiger partial charge in [0, 0.05) is 11.6 Å². The lowest BCUT2D eigenvalue weighted by Crippen LogP contribution is -2.29. The van der Waals surface area contributed by atoms with Crippen LogP contribution in [0.4, 0.5) is 0 Å². The third kappa shape index (κ3) is 3.21. The molecule has 2 aromatic carbocycles. The summed E-state index contributed by atoms with van der Waals surface area (Å²) >= 11 is 0. The standard InChI is InChI=1S/C16H14BNO3/c19-17(20)14-4-1-5-15(10-14)21-11-12-6-7-16-13(9-12)3-2-8-18-16/h1-10,19-20H,11H2. The van der Waals surface area contributed by atoms with Crippen molar-refractivity contribution in [2.24, 2.45) is 0 Å². The first-order valence-corrected chi connectivity index (χ1v) is 6.65. The van der Waals surface area contributed by atoms with Gasteiger partial charge in [-0.3, -0.25) is 4.98 Å². The maximum atomic E-state index is 9.14. The summed E-state index contributed by atoms with van der Waals surface area (Å²) in [5.41, 5.74) is 2.40. The van der Waals surface area contributed by atoms with Gasteiger partial charge in [0.2, 0.25) is 0 Å². The van der Waals surface area contributed by atoms with Gasteiger partial charge in [0.1, 0.15) is 12.4 Å². The van der Waals surface area contributed by atoms with Gasteiger partial charge in [-0.25, -0.2) is 0 Å². The Morgan fingerprint density at radius 1 is 1.00 bits per heavy atom. The van der Waals surface area contributed by atoms with Crippen molar-refractivity contribution in [1.29, 1.82) is 0 Å². The third-order valence-corrected chi connectivity index (χ3v) is 3.23.